The second kappa shape index (κ2) is 4.18. The maximum Gasteiger partial charge on any atom is 0.344 e. The van der Waals surface area contributed by atoms with Crippen molar-refractivity contribution in [3.05, 3.63) is 70.1 Å². The maximum absolute atomic E-state index is 12.4. The Bertz CT molecular complexity index is 1120. The van der Waals surface area contributed by atoms with E-state index in [0.717, 1.165) is 32.7 Å². The van der Waals surface area contributed by atoms with E-state index in [2.05, 4.69) is 6.07 Å². The average molecular weight is 288 g/mol. The fraction of sp³-hybridized carbons (Fsp3) is 0.105. The van der Waals surface area contributed by atoms with Gasteiger partial charge in [-0.2, -0.15) is 0 Å². The molecule has 1 aliphatic rings. The van der Waals surface area contributed by atoms with Crippen molar-refractivity contribution < 1.29 is 9.15 Å². The third kappa shape index (κ3) is 1.46. The summed E-state index contributed by atoms with van der Waals surface area (Å²) in [5.74, 6) is 0. The van der Waals surface area contributed by atoms with Crippen molar-refractivity contribution in [1.29, 1.82) is 0 Å². The second-order valence-corrected chi connectivity index (χ2v) is 5.67. The number of hydrogen-bond donors (Lipinski definition) is 0. The normalized spacial score (nSPS) is 14.0. The lowest BCUT2D eigenvalue weighted by molar-refractivity contribution is 0.135. The number of benzene rings is 3. The van der Waals surface area contributed by atoms with E-state index in [-0.39, 0.29) is 5.63 Å². The molecule has 0 saturated carbocycles. The van der Waals surface area contributed by atoms with Crippen LogP contribution < -0.4 is 5.63 Å². The fourth-order valence-electron chi connectivity index (χ4n) is 3.43. The molecule has 4 aromatic rings. The molecule has 1 aliphatic heterocycles. The van der Waals surface area contributed by atoms with E-state index in [1.54, 1.807) is 0 Å². The lowest BCUT2D eigenvalue weighted by Crippen LogP contribution is -2.02. The summed E-state index contributed by atoms with van der Waals surface area (Å²) >= 11 is 0. The van der Waals surface area contributed by atoms with Crippen LogP contribution in [0, 0.1) is 0 Å². The first kappa shape index (κ1) is 12.0. The molecule has 2 heterocycles. The Kier molecular flexibility index (Phi) is 2.27. The molecule has 0 spiro atoms. The van der Waals surface area contributed by atoms with Crippen LogP contribution in [0.5, 0.6) is 0 Å². The monoisotopic (exact) mass is 288 g/mol. The summed E-state index contributed by atoms with van der Waals surface area (Å²) in [5, 5.41) is 4.63. The largest absolute Gasteiger partial charge is 0.422 e. The Hall–Kier alpha value is -2.65. The zero-order valence-electron chi connectivity index (χ0n) is 11.8. The molecule has 3 heteroatoms. The van der Waals surface area contributed by atoms with E-state index in [9.17, 15) is 4.79 Å². The van der Waals surface area contributed by atoms with Gasteiger partial charge in [-0.25, -0.2) is 4.79 Å². The molecule has 0 fully saturated rings. The minimum absolute atomic E-state index is 0.284. The van der Waals surface area contributed by atoms with Crippen molar-refractivity contribution in [2.45, 2.75) is 13.2 Å². The van der Waals surface area contributed by atoms with Crippen molar-refractivity contribution in [1.82, 2.24) is 0 Å². The number of fused-ring (bicyclic) bond motifs is 7. The summed E-state index contributed by atoms with van der Waals surface area (Å²) in [6.07, 6.45) is 0. The zero-order chi connectivity index (χ0) is 14.7. The SMILES string of the molecule is O=c1oc2c3ccccc3ccc2c2c3c(ccc12)COC3. The molecule has 0 amide bonds. The molecule has 0 bridgehead atoms. The average Bonchev–Trinajstić information content (AvgIpc) is 3.03. The summed E-state index contributed by atoms with van der Waals surface area (Å²) < 4.78 is 11.2. The van der Waals surface area contributed by atoms with Gasteiger partial charge in [-0.15, -0.1) is 0 Å². The van der Waals surface area contributed by atoms with E-state index in [4.69, 9.17) is 9.15 Å². The molecule has 0 aliphatic carbocycles. The van der Waals surface area contributed by atoms with Crippen LogP contribution in [0.15, 0.2) is 57.7 Å². The van der Waals surface area contributed by atoms with Crippen LogP contribution in [0.4, 0.5) is 0 Å². The van der Waals surface area contributed by atoms with E-state index in [1.165, 1.54) is 0 Å². The minimum Gasteiger partial charge on any atom is -0.422 e. The van der Waals surface area contributed by atoms with Gasteiger partial charge < -0.3 is 9.15 Å². The summed E-state index contributed by atoms with van der Waals surface area (Å²) in [5.41, 5.74) is 2.66. The van der Waals surface area contributed by atoms with Gasteiger partial charge in [0.05, 0.1) is 18.6 Å². The van der Waals surface area contributed by atoms with Gasteiger partial charge in [-0.1, -0.05) is 36.4 Å². The van der Waals surface area contributed by atoms with Crippen molar-refractivity contribution in [2.75, 3.05) is 0 Å². The topological polar surface area (TPSA) is 39.4 Å². The predicted molar refractivity (Wildman–Crippen MR) is 86.0 cm³/mol. The smallest absolute Gasteiger partial charge is 0.344 e. The van der Waals surface area contributed by atoms with Crippen molar-refractivity contribution in [3.8, 4) is 0 Å². The molecule has 22 heavy (non-hydrogen) atoms. The predicted octanol–water partition coefficient (Wildman–Crippen LogP) is 4.13. The molecule has 5 rings (SSSR count). The first-order chi connectivity index (χ1) is 10.8. The summed E-state index contributed by atoms with van der Waals surface area (Å²) in [6, 6.07) is 15.9. The molecule has 3 nitrogen and oxygen atoms in total. The van der Waals surface area contributed by atoms with E-state index < -0.39 is 0 Å². The quantitative estimate of drug-likeness (QED) is 0.361. The third-order valence-corrected chi connectivity index (χ3v) is 4.48. The molecule has 0 saturated heterocycles. The summed E-state index contributed by atoms with van der Waals surface area (Å²) in [6.45, 7) is 1.17. The first-order valence-electron chi connectivity index (χ1n) is 7.30. The van der Waals surface area contributed by atoms with Crippen LogP contribution in [0.2, 0.25) is 0 Å². The first-order valence-corrected chi connectivity index (χ1v) is 7.30. The Morgan fingerprint density at radius 3 is 2.64 bits per heavy atom. The zero-order valence-corrected chi connectivity index (χ0v) is 11.8. The third-order valence-electron chi connectivity index (χ3n) is 4.48. The van der Waals surface area contributed by atoms with Crippen LogP contribution in [0.3, 0.4) is 0 Å². The fourth-order valence-corrected chi connectivity index (χ4v) is 3.43. The minimum atomic E-state index is -0.284. The van der Waals surface area contributed by atoms with Gasteiger partial charge in [-0.05, 0) is 28.6 Å². The molecule has 106 valence electrons. The van der Waals surface area contributed by atoms with Gasteiger partial charge in [0, 0.05) is 16.2 Å². The van der Waals surface area contributed by atoms with E-state index >= 15 is 0 Å². The van der Waals surface area contributed by atoms with Gasteiger partial charge in [-0.3, -0.25) is 0 Å². The number of ether oxygens (including phenoxy) is 1. The molecule has 0 N–H and O–H groups in total. The van der Waals surface area contributed by atoms with E-state index in [0.29, 0.717) is 24.2 Å². The Morgan fingerprint density at radius 1 is 0.818 bits per heavy atom. The van der Waals surface area contributed by atoms with Crippen LogP contribution >= 0.6 is 0 Å². The Labute approximate surface area is 125 Å². The standard InChI is InChI=1S/C19H12O3/c20-19-15-8-6-12-9-21-10-16(12)17(15)14-7-5-11-3-1-2-4-13(11)18(14)22-19/h1-8H,9-10H2. The van der Waals surface area contributed by atoms with Crippen LogP contribution in [-0.2, 0) is 18.0 Å². The van der Waals surface area contributed by atoms with E-state index in [1.807, 2.05) is 42.5 Å². The molecule has 1 aromatic heterocycles. The van der Waals surface area contributed by atoms with Gasteiger partial charge in [0.1, 0.15) is 5.58 Å². The lowest BCUT2D eigenvalue weighted by atomic mass is 9.97. The second-order valence-electron chi connectivity index (χ2n) is 5.67. The highest BCUT2D eigenvalue weighted by Gasteiger charge is 2.19. The molecule has 3 aromatic carbocycles. The number of rotatable bonds is 0. The van der Waals surface area contributed by atoms with Gasteiger partial charge >= 0.3 is 5.63 Å². The number of hydrogen-bond acceptors (Lipinski definition) is 3. The molecular weight excluding hydrogens is 276 g/mol. The molecular formula is C19H12O3. The van der Waals surface area contributed by atoms with Crippen molar-refractivity contribution in [2.24, 2.45) is 0 Å². The lowest BCUT2D eigenvalue weighted by Gasteiger charge is -2.09. The van der Waals surface area contributed by atoms with Crippen molar-refractivity contribution in [3.63, 3.8) is 0 Å². The van der Waals surface area contributed by atoms with Crippen LogP contribution in [0.25, 0.3) is 32.5 Å². The summed E-state index contributed by atoms with van der Waals surface area (Å²) in [4.78, 5) is 12.4. The van der Waals surface area contributed by atoms with Crippen molar-refractivity contribution >= 4 is 32.5 Å². The highest BCUT2D eigenvalue weighted by Crippen LogP contribution is 2.34. The highest BCUT2D eigenvalue weighted by molar-refractivity contribution is 6.15. The van der Waals surface area contributed by atoms with Gasteiger partial charge in [0.25, 0.3) is 0 Å². The van der Waals surface area contributed by atoms with Crippen LogP contribution in [-0.4, -0.2) is 0 Å². The van der Waals surface area contributed by atoms with Gasteiger partial charge in [0.15, 0.2) is 0 Å². The maximum atomic E-state index is 12.4. The molecule has 0 unspecified atom stereocenters. The molecule has 0 radical (unpaired) electrons. The summed E-state index contributed by atoms with van der Waals surface area (Å²) in [7, 11) is 0. The van der Waals surface area contributed by atoms with Gasteiger partial charge in [0.2, 0.25) is 0 Å². The Morgan fingerprint density at radius 2 is 1.68 bits per heavy atom. The van der Waals surface area contributed by atoms with Crippen LogP contribution in [0.1, 0.15) is 11.1 Å². The Balaban J connectivity index is 2.11. The molecule has 0 atom stereocenters. The highest BCUT2D eigenvalue weighted by atomic mass is 16.5.